The third kappa shape index (κ3) is 4.27. The summed E-state index contributed by atoms with van der Waals surface area (Å²) in [5.41, 5.74) is 0.730. The molecular weight excluding hydrogens is 282 g/mol. The average Bonchev–Trinajstić information content (AvgIpc) is 2.56. The Balaban J connectivity index is 2.06. The van der Waals surface area contributed by atoms with Gasteiger partial charge in [-0.15, -0.1) is 11.8 Å². The van der Waals surface area contributed by atoms with E-state index in [2.05, 4.69) is 34.3 Å². The van der Waals surface area contributed by atoms with Gasteiger partial charge in [0.1, 0.15) is 6.33 Å². The van der Waals surface area contributed by atoms with Crippen molar-refractivity contribution in [3.05, 3.63) is 54.5 Å². The van der Waals surface area contributed by atoms with Gasteiger partial charge in [-0.05, 0) is 24.6 Å². The van der Waals surface area contributed by atoms with Gasteiger partial charge in [0, 0.05) is 11.9 Å². The molecular formula is C16H21N3OS. The number of benzene rings is 1. The molecule has 1 atom stereocenters. The molecule has 1 heterocycles. The van der Waals surface area contributed by atoms with Gasteiger partial charge in [0.2, 0.25) is 0 Å². The number of nitrogens with zero attached hydrogens (tertiary/aromatic N) is 2. The normalized spacial score (nSPS) is 13.8. The monoisotopic (exact) mass is 303 g/mol. The summed E-state index contributed by atoms with van der Waals surface area (Å²) in [5.74, 6) is 0.874. The highest BCUT2D eigenvalue weighted by molar-refractivity contribution is 7.99. The maximum atomic E-state index is 9.96. The van der Waals surface area contributed by atoms with E-state index in [0.29, 0.717) is 0 Å². The van der Waals surface area contributed by atoms with Crippen LogP contribution in [-0.2, 0) is 5.54 Å². The van der Waals surface area contributed by atoms with Crippen molar-refractivity contribution in [1.82, 2.24) is 15.3 Å². The Morgan fingerprint density at radius 3 is 2.67 bits per heavy atom. The summed E-state index contributed by atoms with van der Waals surface area (Å²) in [7, 11) is 0. The average molecular weight is 303 g/mol. The number of nitrogens with one attached hydrogen (secondary N) is 1. The number of hydrogen-bond donors (Lipinski definition) is 2. The molecule has 112 valence electrons. The van der Waals surface area contributed by atoms with Crippen LogP contribution in [0.1, 0.15) is 18.9 Å². The van der Waals surface area contributed by atoms with Crippen molar-refractivity contribution in [3.63, 3.8) is 0 Å². The lowest BCUT2D eigenvalue weighted by Gasteiger charge is -2.33. The minimum atomic E-state index is -0.393. The summed E-state index contributed by atoms with van der Waals surface area (Å²) < 4.78 is 0. The number of aromatic nitrogens is 2. The number of aliphatic hydroxyl groups excluding tert-OH is 1. The van der Waals surface area contributed by atoms with Crippen molar-refractivity contribution in [2.45, 2.75) is 23.9 Å². The van der Waals surface area contributed by atoms with Crippen LogP contribution >= 0.6 is 11.8 Å². The Bertz CT molecular complexity index is 524. The van der Waals surface area contributed by atoms with Gasteiger partial charge in [-0.25, -0.2) is 9.97 Å². The number of rotatable bonds is 8. The minimum Gasteiger partial charge on any atom is -0.394 e. The predicted octanol–water partition coefficient (Wildman–Crippen LogP) is 2.46. The van der Waals surface area contributed by atoms with E-state index in [9.17, 15) is 5.11 Å². The Labute approximate surface area is 130 Å². The van der Waals surface area contributed by atoms with E-state index >= 15 is 0 Å². The molecule has 2 N–H and O–H groups in total. The molecule has 0 aliphatic heterocycles. The van der Waals surface area contributed by atoms with Crippen molar-refractivity contribution >= 4 is 11.8 Å². The molecule has 5 heteroatoms. The molecule has 4 nitrogen and oxygen atoms in total. The van der Waals surface area contributed by atoms with Crippen LogP contribution in [0.2, 0.25) is 0 Å². The molecule has 21 heavy (non-hydrogen) atoms. The fourth-order valence-corrected chi connectivity index (χ4v) is 3.29. The fraction of sp³-hybridized carbons (Fsp3) is 0.375. The van der Waals surface area contributed by atoms with Crippen LogP contribution in [0.15, 0.2) is 53.9 Å². The zero-order valence-electron chi connectivity index (χ0n) is 12.2. The van der Waals surface area contributed by atoms with Crippen LogP contribution in [0.4, 0.5) is 0 Å². The van der Waals surface area contributed by atoms with Crippen LogP contribution in [0.5, 0.6) is 0 Å². The van der Waals surface area contributed by atoms with Gasteiger partial charge in [-0.3, -0.25) is 0 Å². The second kappa shape index (κ2) is 8.12. The minimum absolute atomic E-state index is 0.0786. The summed E-state index contributed by atoms with van der Waals surface area (Å²) in [5, 5.41) is 14.4. The Kier molecular flexibility index (Phi) is 6.17. The maximum absolute atomic E-state index is 9.96. The van der Waals surface area contributed by atoms with Gasteiger partial charge in [-0.1, -0.05) is 37.3 Å². The summed E-state index contributed by atoms with van der Waals surface area (Å²) in [6.07, 6.45) is 4.13. The molecule has 0 radical (unpaired) electrons. The molecule has 0 aliphatic rings. The van der Waals surface area contributed by atoms with Crippen molar-refractivity contribution in [1.29, 1.82) is 0 Å². The summed E-state index contributed by atoms with van der Waals surface area (Å²) in [4.78, 5) is 8.13. The highest BCUT2D eigenvalue weighted by atomic mass is 32.2. The first kappa shape index (κ1) is 15.9. The second-order valence-electron chi connectivity index (χ2n) is 4.78. The van der Waals surface area contributed by atoms with Crippen molar-refractivity contribution < 1.29 is 5.11 Å². The molecule has 2 rings (SSSR count). The lowest BCUT2D eigenvalue weighted by molar-refractivity contribution is 0.158. The zero-order chi connectivity index (χ0) is 15.0. The zero-order valence-corrected chi connectivity index (χ0v) is 13.0. The third-order valence-corrected chi connectivity index (χ3v) is 4.39. The highest BCUT2D eigenvalue weighted by Gasteiger charge is 2.29. The Morgan fingerprint density at radius 2 is 2.05 bits per heavy atom. The molecule has 0 bridgehead atoms. The molecule has 0 aliphatic carbocycles. The first-order valence-corrected chi connectivity index (χ1v) is 8.09. The van der Waals surface area contributed by atoms with Crippen molar-refractivity contribution in [2.24, 2.45) is 0 Å². The fourth-order valence-electron chi connectivity index (χ4n) is 2.35. The van der Waals surface area contributed by atoms with Crippen LogP contribution in [0, 0.1) is 0 Å². The smallest absolute Gasteiger partial charge is 0.116 e. The largest absolute Gasteiger partial charge is 0.394 e. The molecule has 0 fully saturated rings. The van der Waals surface area contributed by atoms with Crippen molar-refractivity contribution in [2.75, 3.05) is 18.9 Å². The molecule has 1 aromatic heterocycles. The molecule has 1 aromatic carbocycles. The SMILES string of the molecule is CCNC(CO)(CCSc1ccncn1)c1ccccc1. The summed E-state index contributed by atoms with van der Waals surface area (Å²) in [6, 6.07) is 12.0. The van der Waals surface area contributed by atoms with Crippen LogP contribution in [-0.4, -0.2) is 34.0 Å². The molecule has 0 saturated carbocycles. The number of aliphatic hydroxyl groups is 1. The standard InChI is InChI=1S/C16H21N3OS/c1-2-19-16(12-20,14-6-4-3-5-7-14)9-11-21-15-8-10-17-13-18-15/h3-8,10,13,19-20H,2,9,11-12H2,1H3. The topological polar surface area (TPSA) is 58.0 Å². The van der Waals surface area contributed by atoms with Gasteiger partial charge >= 0.3 is 0 Å². The van der Waals surface area contributed by atoms with Crippen LogP contribution in [0.3, 0.4) is 0 Å². The highest BCUT2D eigenvalue weighted by Crippen LogP contribution is 2.28. The Hall–Kier alpha value is -1.43. The number of likely N-dealkylation sites (N-methyl/N-ethyl adjacent to an activating group) is 1. The molecule has 2 aromatic rings. The first-order valence-electron chi connectivity index (χ1n) is 7.11. The van der Waals surface area contributed by atoms with E-state index in [0.717, 1.165) is 29.3 Å². The summed E-state index contributed by atoms with van der Waals surface area (Å²) >= 11 is 1.68. The van der Waals surface area contributed by atoms with Gasteiger partial charge in [0.15, 0.2) is 0 Å². The van der Waals surface area contributed by atoms with Gasteiger partial charge in [0.05, 0.1) is 17.2 Å². The molecule has 1 unspecified atom stereocenters. The molecule has 0 saturated heterocycles. The summed E-state index contributed by atoms with van der Waals surface area (Å²) in [6.45, 7) is 2.95. The van der Waals surface area contributed by atoms with Gasteiger partial charge in [-0.2, -0.15) is 0 Å². The van der Waals surface area contributed by atoms with E-state index in [-0.39, 0.29) is 6.61 Å². The number of thioether (sulfide) groups is 1. The van der Waals surface area contributed by atoms with E-state index in [1.807, 2.05) is 24.3 Å². The third-order valence-electron chi connectivity index (χ3n) is 3.45. The quantitative estimate of drug-likeness (QED) is 0.579. The van der Waals surface area contributed by atoms with E-state index < -0.39 is 5.54 Å². The maximum Gasteiger partial charge on any atom is 0.116 e. The second-order valence-corrected chi connectivity index (χ2v) is 5.90. The van der Waals surface area contributed by atoms with Crippen LogP contribution in [0.25, 0.3) is 0 Å². The van der Waals surface area contributed by atoms with E-state index in [1.54, 1.807) is 24.3 Å². The first-order chi connectivity index (χ1) is 10.3. The van der Waals surface area contributed by atoms with Crippen LogP contribution < -0.4 is 5.32 Å². The predicted molar refractivity (Wildman–Crippen MR) is 86.3 cm³/mol. The lowest BCUT2D eigenvalue weighted by atomic mass is 9.88. The molecule has 0 spiro atoms. The van der Waals surface area contributed by atoms with E-state index in [1.165, 1.54) is 0 Å². The lowest BCUT2D eigenvalue weighted by Crippen LogP contribution is -2.46. The molecule has 0 amide bonds. The van der Waals surface area contributed by atoms with Gasteiger partial charge in [0.25, 0.3) is 0 Å². The number of hydrogen-bond acceptors (Lipinski definition) is 5. The van der Waals surface area contributed by atoms with Crippen molar-refractivity contribution in [3.8, 4) is 0 Å². The van der Waals surface area contributed by atoms with Gasteiger partial charge < -0.3 is 10.4 Å². The van der Waals surface area contributed by atoms with E-state index in [4.69, 9.17) is 0 Å². The Morgan fingerprint density at radius 1 is 1.24 bits per heavy atom.